The van der Waals surface area contributed by atoms with Gasteiger partial charge in [-0.15, -0.1) is 0 Å². The molecule has 2 N–H and O–H groups in total. The van der Waals surface area contributed by atoms with E-state index in [1.807, 2.05) is 12.1 Å². The Balaban J connectivity index is 2.22. The fourth-order valence-corrected chi connectivity index (χ4v) is 1.82. The summed E-state index contributed by atoms with van der Waals surface area (Å²) >= 11 is 6.02. The second-order valence-electron chi connectivity index (χ2n) is 3.61. The highest BCUT2D eigenvalue weighted by Crippen LogP contribution is 2.29. The van der Waals surface area contributed by atoms with Gasteiger partial charge in [-0.1, -0.05) is 17.7 Å². The Labute approximate surface area is 102 Å². The van der Waals surface area contributed by atoms with E-state index >= 15 is 0 Å². The lowest BCUT2D eigenvalue weighted by atomic mass is 10.2. The number of anilines is 1. The van der Waals surface area contributed by atoms with E-state index in [4.69, 9.17) is 21.8 Å². The number of fused-ring (bicyclic) bond motifs is 1. The summed E-state index contributed by atoms with van der Waals surface area (Å²) in [4.78, 5) is 8.33. The van der Waals surface area contributed by atoms with E-state index in [1.165, 1.54) is 0 Å². The van der Waals surface area contributed by atoms with Crippen LogP contribution in [-0.2, 0) is 0 Å². The average molecular weight is 246 g/mol. The maximum absolute atomic E-state index is 6.02. The molecule has 0 aliphatic carbocycles. The number of hydrogen-bond donors (Lipinski definition) is 1. The van der Waals surface area contributed by atoms with E-state index < -0.39 is 0 Å². The summed E-state index contributed by atoms with van der Waals surface area (Å²) in [7, 11) is 0. The van der Waals surface area contributed by atoms with Crippen LogP contribution in [0.15, 0.2) is 41.1 Å². The molecule has 0 unspecified atom stereocenters. The molecule has 84 valence electrons. The summed E-state index contributed by atoms with van der Waals surface area (Å²) in [5, 5.41) is 0.540. The number of nitrogens with zero attached hydrogens (tertiary/aromatic N) is 2. The number of halogens is 1. The third-order valence-corrected chi connectivity index (χ3v) is 2.67. The van der Waals surface area contributed by atoms with Gasteiger partial charge in [-0.25, -0.2) is 4.98 Å². The Morgan fingerprint density at radius 3 is 2.88 bits per heavy atom. The van der Waals surface area contributed by atoms with Crippen LogP contribution in [0, 0.1) is 0 Å². The van der Waals surface area contributed by atoms with Gasteiger partial charge in [0, 0.05) is 12.4 Å². The molecule has 4 nitrogen and oxygen atoms in total. The Hall–Kier alpha value is -2.07. The Morgan fingerprint density at radius 1 is 1.24 bits per heavy atom. The minimum absolute atomic E-state index is 0.466. The van der Waals surface area contributed by atoms with Gasteiger partial charge in [0.25, 0.3) is 0 Å². The van der Waals surface area contributed by atoms with Crippen molar-refractivity contribution in [2.75, 3.05) is 5.73 Å². The normalized spacial score (nSPS) is 10.9. The summed E-state index contributed by atoms with van der Waals surface area (Å²) in [5.41, 5.74) is 8.25. The van der Waals surface area contributed by atoms with Gasteiger partial charge in [0.1, 0.15) is 5.52 Å². The number of nitrogens with two attached hydrogens (primary N) is 1. The van der Waals surface area contributed by atoms with Crippen LogP contribution in [0.4, 0.5) is 5.69 Å². The molecule has 0 saturated carbocycles. The SMILES string of the molecule is Nc1cncc(-c2nc3cccc(Cl)c3o2)c1. The zero-order valence-electron chi connectivity index (χ0n) is 8.72. The molecule has 3 aromatic rings. The molecule has 0 amide bonds. The fraction of sp³-hybridized carbons (Fsp3) is 0. The number of hydrogen-bond acceptors (Lipinski definition) is 4. The molecular formula is C12H8ClN3O. The van der Waals surface area contributed by atoms with Gasteiger partial charge in [0.05, 0.1) is 16.3 Å². The third-order valence-electron chi connectivity index (χ3n) is 2.37. The molecule has 0 spiro atoms. The van der Waals surface area contributed by atoms with Crippen molar-refractivity contribution >= 4 is 28.4 Å². The van der Waals surface area contributed by atoms with Crippen LogP contribution in [-0.4, -0.2) is 9.97 Å². The van der Waals surface area contributed by atoms with Crippen LogP contribution in [0.5, 0.6) is 0 Å². The van der Waals surface area contributed by atoms with Crippen molar-refractivity contribution in [1.82, 2.24) is 9.97 Å². The molecule has 1 aromatic carbocycles. The largest absolute Gasteiger partial charge is 0.434 e. The number of rotatable bonds is 1. The van der Waals surface area contributed by atoms with Crippen molar-refractivity contribution in [3.63, 3.8) is 0 Å². The predicted octanol–water partition coefficient (Wildman–Crippen LogP) is 3.13. The highest BCUT2D eigenvalue weighted by Gasteiger charge is 2.10. The standard InChI is InChI=1S/C12H8ClN3O/c13-9-2-1-3-10-11(9)17-12(16-10)7-4-8(14)6-15-5-7/h1-6H,14H2. The Bertz CT molecular complexity index is 693. The van der Waals surface area contributed by atoms with Crippen LogP contribution in [0.2, 0.25) is 5.02 Å². The minimum atomic E-state index is 0.466. The molecule has 5 heteroatoms. The summed E-state index contributed by atoms with van der Waals surface area (Å²) in [5.74, 6) is 0.466. The van der Waals surface area contributed by atoms with Gasteiger partial charge in [0.15, 0.2) is 5.58 Å². The monoisotopic (exact) mass is 245 g/mol. The maximum Gasteiger partial charge on any atom is 0.229 e. The number of benzene rings is 1. The van der Waals surface area contributed by atoms with Gasteiger partial charge >= 0.3 is 0 Å². The van der Waals surface area contributed by atoms with Crippen molar-refractivity contribution in [2.45, 2.75) is 0 Å². The molecule has 0 fully saturated rings. The molecule has 0 radical (unpaired) electrons. The summed E-state index contributed by atoms with van der Waals surface area (Å²) in [6, 6.07) is 7.19. The summed E-state index contributed by atoms with van der Waals surface area (Å²) < 4.78 is 5.60. The maximum atomic E-state index is 6.02. The molecule has 0 bridgehead atoms. The second kappa shape index (κ2) is 3.75. The minimum Gasteiger partial charge on any atom is -0.434 e. The lowest BCUT2D eigenvalue weighted by Gasteiger charge is -1.95. The number of pyridine rings is 1. The fourth-order valence-electron chi connectivity index (χ4n) is 1.61. The lowest BCUT2D eigenvalue weighted by Crippen LogP contribution is -1.87. The first kappa shape index (κ1) is 10.1. The number of para-hydroxylation sites is 1. The van der Waals surface area contributed by atoms with E-state index in [1.54, 1.807) is 24.5 Å². The zero-order valence-corrected chi connectivity index (χ0v) is 9.48. The molecule has 2 aromatic heterocycles. The lowest BCUT2D eigenvalue weighted by molar-refractivity contribution is 0.619. The van der Waals surface area contributed by atoms with Gasteiger partial charge in [-0.3, -0.25) is 4.98 Å². The van der Waals surface area contributed by atoms with Crippen LogP contribution < -0.4 is 5.73 Å². The smallest absolute Gasteiger partial charge is 0.229 e. The Kier molecular flexibility index (Phi) is 2.23. The average Bonchev–Trinajstić information content (AvgIpc) is 2.74. The topological polar surface area (TPSA) is 64.9 Å². The van der Waals surface area contributed by atoms with Crippen molar-refractivity contribution in [3.8, 4) is 11.5 Å². The molecule has 0 aliphatic heterocycles. The van der Waals surface area contributed by atoms with Crippen molar-refractivity contribution in [1.29, 1.82) is 0 Å². The number of aromatic nitrogens is 2. The highest BCUT2D eigenvalue weighted by molar-refractivity contribution is 6.34. The van der Waals surface area contributed by atoms with Crippen molar-refractivity contribution in [3.05, 3.63) is 41.7 Å². The van der Waals surface area contributed by atoms with Crippen molar-refractivity contribution < 1.29 is 4.42 Å². The van der Waals surface area contributed by atoms with E-state index in [0.29, 0.717) is 22.2 Å². The van der Waals surface area contributed by atoms with E-state index in [9.17, 15) is 0 Å². The molecular weight excluding hydrogens is 238 g/mol. The molecule has 0 atom stereocenters. The molecule has 17 heavy (non-hydrogen) atoms. The molecule has 0 aliphatic rings. The highest BCUT2D eigenvalue weighted by atomic mass is 35.5. The van der Waals surface area contributed by atoms with Crippen LogP contribution in [0.25, 0.3) is 22.6 Å². The molecule has 3 rings (SSSR count). The van der Waals surface area contributed by atoms with Gasteiger partial charge in [-0.2, -0.15) is 0 Å². The summed E-state index contributed by atoms with van der Waals surface area (Å²) in [6.07, 6.45) is 3.22. The molecule has 0 saturated heterocycles. The first-order valence-electron chi connectivity index (χ1n) is 5.00. The first-order valence-corrected chi connectivity index (χ1v) is 5.38. The van der Waals surface area contributed by atoms with E-state index in [-0.39, 0.29) is 0 Å². The number of nitrogen functional groups attached to an aromatic ring is 1. The van der Waals surface area contributed by atoms with E-state index in [2.05, 4.69) is 9.97 Å². The van der Waals surface area contributed by atoms with E-state index in [0.717, 1.165) is 11.1 Å². The van der Waals surface area contributed by atoms with Crippen molar-refractivity contribution in [2.24, 2.45) is 0 Å². The first-order chi connectivity index (χ1) is 8.24. The molecule has 2 heterocycles. The quantitative estimate of drug-likeness (QED) is 0.715. The van der Waals surface area contributed by atoms with Crippen LogP contribution in [0.3, 0.4) is 0 Å². The van der Waals surface area contributed by atoms with Gasteiger partial charge in [0.2, 0.25) is 5.89 Å². The van der Waals surface area contributed by atoms with Crippen LogP contribution in [0.1, 0.15) is 0 Å². The Morgan fingerprint density at radius 2 is 2.12 bits per heavy atom. The van der Waals surface area contributed by atoms with Crippen LogP contribution >= 0.6 is 11.6 Å². The predicted molar refractivity (Wildman–Crippen MR) is 66.7 cm³/mol. The number of oxazole rings is 1. The van der Waals surface area contributed by atoms with Gasteiger partial charge in [-0.05, 0) is 18.2 Å². The third kappa shape index (κ3) is 1.72. The zero-order chi connectivity index (χ0) is 11.8. The van der Waals surface area contributed by atoms with Gasteiger partial charge < -0.3 is 10.2 Å². The second-order valence-corrected chi connectivity index (χ2v) is 4.02. The summed E-state index contributed by atoms with van der Waals surface area (Å²) in [6.45, 7) is 0.